The molecule has 0 heterocycles. The molecule has 0 bridgehead atoms. The van der Waals surface area contributed by atoms with Crippen LogP contribution in [0, 0.1) is 11.8 Å². The Balaban J connectivity index is 1.82. The van der Waals surface area contributed by atoms with Gasteiger partial charge >= 0.3 is 0 Å². The zero-order valence-corrected chi connectivity index (χ0v) is 11.8. The highest BCUT2D eigenvalue weighted by atomic mass is 15.2. The number of likely N-dealkylation sites (N-methyl/N-ethyl adjacent to an activating group) is 1. The first-order chi connectivity index (χ1) is 8.33. The van der Waals surface area contributed by atoms with Gasteiger partial charge in [0.05, 0.1) is 0 Å². The van der Waals surface area contributed by atoms with E-state index in [1.165, 1.54) is 58.2 Å². The predicted octanol–water partition coefficient (Wildman–Crippen LogP) is 2.89. The van der Waals surface area contributed by atoms with Crippen LogP contribution in [0.3, 0.4) is 0 Å². The minimum atomic E-state index is 0.793. The fourth-order valence-electron chi connectivity index (χ4n) is 2.69. The van der Waals surface area contributed by atoms with Gasteiger partial charge in [0.15, 0.2) is 0 Å². The maximum absolute atomic E-state index is 3.56. The van der Waals surface area contributed by atoms with Gasteiger partial charge in [0, 0.05) is 25.7 Å². The van der Waals surface area contributed by atoms with Crippen molar-refractivity contribution in [3.63, 3.8) is 0 Å². The van der Waals surface area contributed by atoms with Gasteiger partial charge in [-0.2, -0.15) is 0 Å². The van der Waals surface area contributed by atoms with Crippen LogP contribution in [-0.4, -0.2) is 37.1 Å². The average Bonchev–Trinajstić information content (AvgIpc) is 3.18. The highest BCUT2D eigenvalue weighted by Crippen LogP contribution is 2.34. The summed E-state index contributed by atoms with van der Waals surface area (Å²) in [5.41, 5.74) is 0. The highest BCUT2D eigenvalue weighted by Gasteiger charge is 2.31. The third-order valence-electron chi connectivity index (χ3n) is 4.15. The Labute approximate surface area is 107 Å². The Morgan fingerprint density at radius 3 is 2.06 bits per heavy atom. The zero-order chi connectivity index (χ0) is 12.1. The lowest BCUT2D eigenvalue weighted by molar-refractivity contribution is 0.167. The Morgan fingerprint density at radius 2 is 1.65 bits per heavy atom. The van der Waals surface area contributed by atoms with Gasteiger partial charge in [0.25, 0.3) is 0 Å². The minimum Gasteiger partial charge on any atom is -0.315 e. The predicted molar refractivity (Wildman–Crippen MR) is 74.3 cm³/mol. The van der Waals surface area contributed by atoms with E-state index in [9.17, 15) is 0 Å². The van der Waals surface area contributed by atoms with Crippen molar-refractivity contribution in [3.05, 3.63) is 0 Å². The van der Waals surface area contributed by atoms with Gasteiger partial charge in [0.1, 0.15) is 0 Å². The first-order valence-corrected chi connectivity index (χ1v) is 7.78. The van der Waals surface area contributed by atoms with E-state index in [4.69, 9.17) is 0 Å². The molecule has 1 unspecified atom stereocenters. The summed E-state index contributed by atoms with van der Waals surface area (Å²) in [6, 6.07) is 0.793. The summed E-state index contributed by atoms with van der Waals surface area (Å²) >= 11 is 0. The maximum atomic E-state index is 3.56. The number of nitrogens with one attached hydrogen (secondary N) is 1. The fraction of sp³-hybridized carbons (Fsp3) is 1.00. The Kier molecular flexibility index (Phi) is 5.30. The van der Waals surface area contributed by atoms with Crippen LogP contribution in [0.5, 0.6) is 0 Å². The third-order valence-corrected chi connectivity index (χ3v) is 4.15. The van der Waals surface area contributed by atoms with Crippen molar-refractivity contribution < 1.29 is 0 Å². The number of hydrogen-bond acceptors (Lipinski definition) is 2. The van der Waals surface area contributed by atoms with Gasteiger partial charge < -0.3 is 5.32 Å². The van der Waals surface area contributed by atoms with Crippen LogP contribution in [0.15, 0.2) is 0 Å². The summed E-state index contributed by atoms with van der Waals surface area (Å²) in [7, 11) is 0. The molecular formula is C15H30N2. The molecule has 2 nitrogen and oxygen atoms in total. The molecule has 1 atom stereocenters. The smallest absolute Gasteiger partial charge is 0.0220 e. The molecule has 2 heteroatoms. The molecule has 0 aromatic heterocycles. The number of rotatable bonds is 10. The van der Waals surface area contributed by atoms with Gasteiger partial charge in [-0.25, -0.2) is 0 Å². The molecule has 2 saturated carbocycles. The van der Waals surface area contributed by atoms with Crippen molar-refractivity contribution in [3.8, 4) is 0 Å². The van der Waals surface area contributed by atoms with E-state index >= 15 is 0 Å². The van der Waals surface area contributed by atoms with E-state index < -0.39 is 0 Å². The second kappa shape index (κ2) is 6.75. The summed E-state index contributed by atoms with van der Waals surface area (Å²) in [4.78, 5) is 2.82. The van der Waals surface area contributed by atoms with Crippen LogP contribution in [0.2, 0.25) is 0 Å². The second-order valence-corrected chi connectivity index (χ2v) is 6.09. The molecule has 17 heavy (non-hydrogen) atoms. The van der Waals surface area contributed by atoms with Crippen LogP contribution in [-0.2, 0) is 0 Å². The van der Waals surface area contributed by atoms with Crippen LogP contribution in [0.1, 0.15) is 52.4 Å². The lowest BCUT2D eigenvalue weighted by Gasteiger charge is -2.32. The van der Waals surface area contributed by atoms with Crippen molar-refractivity contribution >= 4 is 0 Å². The monoisotopic (exact) mass is 238 g/mol. The lowest BCUT2D eigenvalue weighted by Crippen LogP contribution is -2.44. The zero-order valence-electron chi connectivity index (χ0n) is 11.8. The van der Waals surface area contributed by atoms with Crippen LogP contribution >= 0.6 is 0 Å². The normalized spacial score (nSPS) is 22.1. The minimum absolute atomic E-state index is 0.793. The van der Waals surface area contributed by atoms with Gasteiger partial charge in [-0.05, 0) is 50.5 Å². The molecule has 2 rings (SSSR count). The third kappa shape index (κ3) is 4.97. The first-order valence-electron chi connectivity index (χ1n) is 7.78. The molecule has 100 valence electrons. The van der Waals surface area contributed by atoms with E-state index in [2.05, 4.69) is 24.1 Å². The summed E-state index contributed by atoms with van der Waals surface area (Å²) in [5.74, 6) is 2.07. The van der Waals surface area contributed by atoms with E-state index in [1.807, 2.05) is 0 Å². The summed E-state index contributed by atoms with van der Waals surface area (Å²) in [5, 5.41) is 3.56. The van der Waals surface area contributed by atoms with Crippen LogP contribution in [0.25, 0.3) is 0 Å². The van der Waals surface area contributed by atoms with Crippen molar-refractivity contribution in [2.45, 2.75) is 58.4 Å². The van der Waals surface area contributed by atoms with Crippen LogP contribution < -0.4 is 5.32 Å². The first kappa shape index (κ1) is 13.4. The van der Waals surface area contributed by atoms with Gasteiger partial charge in [0.2, 0.25) is 0 Å². The fourth-order valence-corrected chi connectivity index (χ4v) is 2.69. The Bertz CT molecular complexity index is 195. The standard InChI is InChI=1S/C15H30N2/c1-3-5-15(10-16-4-2)17(11-13-6-7-13)12-14-8-9-14/h13-16H,3-12H2,1-2H3. The topological polar surface area (TPSA) is 15.3 Å². The molecule has 0 saturated heterocycles. The van der Waals surface area contributed by atoms with Crippen molar-refractivity contribution in [2.24, 2.45) is 11.8 Å². The molecule has 1 N–H and O–H groups in total. The van der Waals surface area contributed by atoms with Crippen molar-refractivity contribution in [2.75, 3.05) is 26.2 Å². The second-order valence-electron chi connectivity index (χ2n) is 6.09. The SMILES string of the molecule is CCCC(CNCC)N(CC1CC1)CC1CC1. The molecule has 2 aliphatic carbocycles. The average molecular weight is 238 g/mol. The molecule has 0 aromatic carbocycles. The molecule has 2 aliphatic rings. The summed E-state index contributed by atoms with van der Waals surface area (Å²) in [6.07, 6.45) is 8.64. The molecule has 0 radical (unpaired) electrons. The molecule has 2 fully saturated rings. The number of nitrogens with zero attached hydrogens (tertiary/aromatic N) is 1. The molecular weight excluding hydrogens is 208 g/mol. The summed E-state index contributed by atoms with van der Waals surface area (Å²) in [6.45, 7) is 9.62. The molecule has 0 spiro atoms. The number of hydrogen-bond donors (Lipinski definition) is 1. The van der Waals surface area contributed by atoms with Crippen molar-refractivity contribution in [1.29, 1.82) is 0 Å². The maximum Gasteiger partial charge on any atom is 0.0220 e. The Hall–Kier alpha value is -0.0800. The Morgan fingerprint density at radius 1 is 1.06 bits per heavy atom. The highest BCUT2D eigenvalue weighted by molar-refractivity contribution is 4.86. The largest absolute Gasteiger partial charge is 0.315 e. The van der Waals surface area contributed by atoms with Crippen molar-refractivity contribution in [1.82, 2.24) is 10.2 Å². The molecule has 0 aliphatic heterocycles. The quantitative estimate of drug-likeness (QED) is 0.629. The van der Waals surface area contributed by atoms with E-state index in [0.717, 1.165) is 24.4 Å². The van der Waals surface area contributed by atoms with E-state index in [0.29, 0.717) is 0 Å². The van der Waals surface area contributed by atoms with E-state index in [-0.39, 0.29) is 0 Å². The van der Waals surface area contributed by atoms with Gasteiger partial charge in [-0.3, -0.25) is 4.90 Å². The van der Waals surface area contributed by atoms with Crippen LogP contribution in [0.4, 0.5) is 0 Å². The van der Waals surface area contributed by atoms with Gasteiger partial charge in [-0.1, -0.05) is 20.3 Å². The molecule has 0 amide bonds. The molecule has 0 aromatic rings. The lowest BCUT2D eigenvalue weighted by atomic mass is 10.1. The van der Waals surface area contributed by atoms with E-state index in [1.54, 1.807) is 0 Å². The van der Waals surface area contributed by atoms with Gasteiger partial charge in [-0.15, -0.1) is 0 Å². The summed E-state index contributed by atoms with van der Waals surface area (Å²) < 4.78 is 0.